The molecular formula is C14H10O4. The summed E-state index contributed by atoms with van der Waals surface area (Å²) in [6, 6.07) is 7.84. The van der Waals surface area contributed by atoms with E-state index in [1.54, 1.807) is 25.1 Å². The van der Waals surface area contributed by atoms with Crippen molar-refractivity contribution in [1.29, 1.82) is 0 Å². The number of fused-ring (bicyclic) bond motifs is 3. The zero-order valence-electron chi connectivity index (χ0n) is 9.60. The molecule has 18 heavy (non-hydrogen) atoms. The minimum Gasteiger partial charge on any atom is -0.508 e. The summed E-state index contributed by atoms with van der Waals surface area (Å²) in [5.74, 6) is 0.105. The van der Waals surface area contributed by atoms with E-state index in [1.165, 1.54) is 12.1 Å². The van der Waals surface area contributed by atoms with Gasteiger partial charge in [0.05, 0.1) is 5.39 Å². The molecule has 4 nitrogen and oxygen atoms in total. The summed E-state index contributed by atoms with van der Waals surface area (Å²) in [6.45, 7) is 1.67. The standard InChI is InChI=1S/C14H10O4/c1-7-11(16)5-4-10-9-3-2-8(15)6-12(9)18-14(17)13(7)10/h2-6,15-16H,1H3. The summed E-state index contributed by atoms with van der Waals surface area (Å²) in [5.41, 5.74) is 0.310. The third kappa shape index (κ3) is 1.35. The predicted octanol–water partition coefficient (Wildman–Crippen LogP) is 2.67. The highest BCUT2D eigenvalue weighted by molar-refractivity contribution is 6.06. The summed E-state index contributed by atoms with van der Waals surface area (Å²) in [4.78, 5) is 11.9. The molecule has 0 radical (unpaired) electrons. The minimum atomic E-state index is -0.517. The molecule has 0 aliphatic rings. The van der Waals surface area contributed by atoms with Gasteiger partial charge in [0.2, 0.25) is 0 Å². The van der Waals surface area contributed by atoms with Crippen LogP contribution in [0.1, 0.15) is 5.56 Å². The van der Waals surface area contributed by atoms with Crippen LogP contribution in [0, 0.1) is 6.92 Å². The van der Waals surface area contributed by atoms with E-state index in [0.29, 0.717) is 21.9 Å². The Morgan fingerprint density at radius 2 is 1.78 bits per heavy atom. The van der Waals surface area contributed by atoms with Crippen LogP contribution in [0.4, 0.5) is 0 Å². The van der Waals surface area contributed by atoms with Gasteiger partial charge in [-0.25, -0.2) is 4.79 Å². The van der Waals surface area contributed by atoms with Crippen LogP contribution in [0.15, 0.2) is 39.5 Å². The molecule has 0 atom stereocenters. The van der Waals surface area contributed by atoms with Crippen molar-refractivity contribution in [2.75, 3.05) is 0 Å². The van der Waals surface area contributed by atoms with Crippen molar-refractivity contribution in [2.24, 2.45) is 0 Å². The Labute approximate surface area is 102 Å². The van der Waals surface area contributed by atoms with Crippen molar-refractivity contribution in [3.8, 4) is 11.5 Å². The zero-order chi connectivity index (χ0) is 12.9. The third-order valence-electron chi connectivity index (χ3n) is 3.10. The number of hydrogen-bond acceptors (Lipinski definition) is 4. The molecule has 1 aromatic heterocycles. The molecule has 0 saturated carbocycles. The van der Waals surface area contributed by atoms with Crippen LogP contribution in [-0.4, -0.2) is 10.2 Å². The maximum absolute atomic E-state index is 11.9. The van der Waals surface area contributed by atoms with Gasteiger partial charge in [0.1, 0.15) is 17.1 Å². The smallest absolute Gasteiger partial charge is 0.344 e. The molecule has 2 N–H and O–H groups in total. The topological polar surface area (TPSA) is 70.7 Å². The van der Waals surface area contributed by atoms with Crippen molar-refractivity contribution < 1.29 is 14.6 Å². The molecule has 0 bridgehead atoms. The SMILES string of the molecule is Cc1c(O)ccc2c1c(=O)oc1cc(O)ccc12. The van der Waals surface area contributed by atoms with Gasteiger partial charge >= 0.3 is 5.63 Å². The van der Waals surface area contributed by atoms with Crippen LogP contribution >= 0.6 is 0 Å². The molecule has 0 aliphatic heterocycles. The summed E-state index contributed by atoms with van der Waals surface area (Å²) in [7, 11) is 0. The van der Waals surface area contributed by atoms with Crippen molar-refractivity contribution in [2.45, 2.75) is 6.92 Å². The first-order chi connectivity index (χ1) is 8.58. The van der Waals surface area contributed by atoms with E-state index in [0.717, 1.165) is 5.39 Å². The molecule has 0 unspecified atom stereocenters. The molecule has 1 heterocycles. The van der Waals surface area contributed by atoms with Crippen LogP contribution in [-0.2, 0) is 0 Å². The Bertz CT molecular complexity index is 830. The van der Waals surface area contributed by atoms with Crippen molar-refractivity contribution in [1.82, 2.24) is 0 Å². The minimum absolute atomic E-state index is 0.0421. The Morgan fingerprint density at radius 3 is 2.56 bits per heavy atom. The second-order valence-corrected chi connectivity index (χ2v) is 4.20. The lowest BCUT2D eigenvalue weighted by Crippen LogP contribution is -2.01. The van der Waals surface area contributed by atoms with E-state index in [9.17, 15) is 15.0 Å². The lowest BCUT2D eigenvalue weighted by Gasteiger charge is -2.06. The summed E-state index contributed by atoms with van der Waals surface area (Å²) < 4.78 is 5.16. The van der Waals surface area contributed by atoms with Gasteiger partial charge in [-0.3, -0.25) is 0 Å². The zero-order valence-corrected chi connectivity index (χ0v) is 9.60. The maximum atomic E-state index is 11.9. The average Bonchev–Trinajstić information content (AvgIpc) is 2.32. The molecule has 4 heteroatoms. The normalized spacial score (nSPS) is 11.2. The fraction of sp³-hybridized carbons (Fsp3) is 0.0714. The molecule has 3 aromatic rings. The number of hydrogen-bond donors (Lipinski definition) is 2. The van der Waals surface area contributed by atoms with Gasteiger partial charge in [-0.2, -0.15) is 0 Å². The first-order valence-electron chi connectivity index (χ1n) is 5.46. The summed E-state index contributed by atoms with van der Waals surface area (Å²) in [6.07, 6.45) is 0. The summed E-state index contributed by atoms with van der Waals surface area (Å²) in [5, 5.41) is 20.8. The highest BCUT2D eigenvalue weighted by Gasteiger charge is 2.12. The van der Waals surface area contributed by atoms with E-state index < -0.39 is 5.63 Å². The van der Waals surface area contributed by atoms with E-state index in [-0.39, 0.29) is 11.5 Å². The van der Waals surface area contributed by atoms with Gasteiger partial charge in [-0.1, -0.05) is 0 Å². The maximum Gasteiger partial charge on any atom is 0.344 e. The molecule has 2 aromatic carbocycles. The lowest BCUT2D eigenvalue weighted by atomic mass is 10.0. The molecule has 0 aliphatic carbocycles. The van der Waals surface area contributed by atoms with Gasteiger partial charge in [0, 0.05) is 22.4 Å². The Kier molecular flexibility index (Phi) is 2.07. The second kappa shape index (κ2) is 3.50. The summed E-state index contributed by atoms with van der Waals surface area (Å²) >= 11 is 0. The van der Waals surface area contributed by atoms with Gasteiger partial charge in [-0.05, 0) is 31.2 Å². The first-order valence-corrected chi connectivity index (χ1v) is 5.46. The molecule has 0 saturated heterocycles. The highest BCUT2D eigenvalue weighted by Crippen LogP contribution is 2.30. The van der Waals surface area contributed by atoms with E-state index in [2.05, 4.69) is 0 Å². The number of phenols is 2. The average molecular weight is 242 g/mol. The molecule has 0 fully saturated rings. The Morgan fingerprint density at radius 1 is 1.06 bits per heavy atom. The largest absolute Gasteiger partial charge is 0.508 e. The molecule has 0 amide bonds. The second-order valence-electron chi connectivity index (χ2n) is 4.20. The number of rotatable bonds is 0. The van der Waals surface area contributed by atoms with Gasteiger partial charge in [0.25, 0.3) is 0 Å². The van der Waals surface area contributed by atoms with Crippen LogP contribution < -0.4 is 5.63 Å². The molecule has 90 valence electrons. The highest BCUT2D eigenvalue weighted by atomic mass is 16.4. The fourth-order valence-electron chi connectivity index (χ4n) is 2.16. The van der Waals surface area contributed by atoms with Crippen molar-refractivity contribution in [3.63, 3.8) is 0 Å². The molecular weight excluding hydrogens is 232 g/mol. The number of aryl methyl sites for hydroxylation is 1. The van der Waals surface area contributed by atoms with Crippen LogP contribution in [0.3, 0.4) is 0 Å². The fourth-order valence-corrected chi connectivity index (χ4v) is 2.16. The van der Waals surface area contributed by atoms with Gasteiger partial charge in [0.15, 0.2) is 0 Å². The van der Waals surface area contributed by atoms with E-state index in [4.69, 9.17) is 4.42 Å². The van der Waals surface area contributed by atoms with Crippen LogP contribution in [0.2, 0.25) is 0 Å². The van der Waals surface area contributed by atoms with E-state index in [1.807, 2.05) is 0 Å². The first kappa shape index (κ1) is 10.7. The van der Waals surface area contributed by atoms with E-state index >= 15 is 0 Å². The lowest BCUT2D eigenvalue weighted by molar-refractivity contribution is 0.470. The van der Waals surface area contributed by atoms with Crippen LogP contribution in [0.25, 0.3) is 21.7 Å². The van der Waals surface area contributed by atoms with Crippen molar-refractivity contribution in [3.05, 3.63) is 46.3 Å². The molecule has 3 rings (SSSR count). The van der Waals surface area contributed by atoms with Crippen LogP contribution in [0.5, 0.6) is 11.5 Å². The molecule has 0 spiro atoms. The Hall–Kier alpha value is -2.49. The van der Waals surface area contributed by atoms with Gasteiger partial charge in [-0.15, -0.1) is 0 Å². The van der Waals surface area contributed by atoms with Gasteiger partial charge < -0.3 is 14.6 Å². The van der Waals surface area contributed by atoms with Crippen molar-refractivity contribution >= 4 is 21.7 Å². The monoisotopic (exact) mass is 242 g/mol. The quantitative estimate of drug-likeness (QED) is 0.469. The number of benzene rings is 2. The predicted molar refractivity (Wildman–Crippen MR) is 68.1 cm³/mol. The third-order valence-corrected chi connectivity index (χ3v) is 3.10. The number of aromatic hydroxyl groups is 2. The number of phenolic OH excluding ortho intramolecular Hbond substituents is 2. The Balaban J connectivity index is 2.64.